The second-order valence-electron chi connectivity index (χ2n) is 8.69. The normalized spacial score (nSPS) is 18.8. The van der Waals surface area contributed by atoms with Gasteiger partial charge in [0.1, 0.15) is 18.3 Å². The van der Waals surface area contributed by atoms with Crippen LogP contribution in [0.3, 0.4) is 0 Å². The van der Waals surface area contributed by atoms with Gasteiger partial charge in [0.15, 0.2) is 0 Å². The van der Waals surface area contributed by atoms with Crippen molar-refractivity contribution < 1.29 is 24.2 Å². The molecule has 1 saturated carbocycles. The number of aliphatic imine (C=N–C) groups is 1. The smallest absolute Gasteiger partial charge is 0.326 e. The molecule has 2 N–H and O–H groups in total. The molecule has 2 heterocycles. The lowest BCUT2D eigenvalue weighted by Crippen LogP contribution is -2.50. The minimum absolute atomic E-state index is 0.0151. The van der Waals surface area contributed by atoms with E-state index in [9.17, 15) is 19.5 Å². The summed E-state index contributed by atoms with van der Waals surface area (Å²) in [6, 6.07) is 4.81. The van der Waals surface area contributed by atoms with Crippen molar-refractivity contribution in [3.05, 3.63) is 23.8 Å². The molecule has 1 aliphatic carbocycles. The van der Waals surface area contributed by atoms with Crippen LogP contribution in [-0.4, -0.2) is 63.9 Å². The van der Waals surface area contributed by atoms with Crippen molar-refractivity contribution in [2.24, 2.45) is 4.99 Å². The molecule has 4 rings (SSSR count). The van der Waals surface area contributed by atoms with Gasteiger partial charge in [-0.2, -0.15) is 0 Å². The summed E-state index contributed by atoms with van der Waals surface area (Å²) in [5.74, 6) is 0.144. The molecule has 1 unspecified atom stereocenters. The molecule has 0 bridgehead atoms. The Kier molecular flexibility index (Phi) is 6.62. The maximum atomic E-state index is 12.9. The van der Waals surface area contributed by atoms with Crippen molar-refractivity contribution >= 4 is 29.4 Å². The molecule has 2 aliphatic heterocycles. The topological polar surface area (TPSA) is 112 Å². The largest absolute Gasteiger partial charge is 0.494 e. The third-order valence-corrected chi connectivity index (χ3v) is 6.36. The molecule has 172 valence electrons. The molecular weight excluding hydrogens is 412 g/mol. The molecule has 1 aromatic carbocycles. The van der Waals surface area contributed by atoms with E-state index in [4.69, 9.17) is 4.74 Å². The maximum Gasteiger partial charge on any atom is 0.326 e. The molecule has 1 saturated heterocycles. The first-order chi connectivity index (χ1) is 15.4. The Balaban J connectivity index is 1.30. The predicted molar refractivity (Wildman–Crippen MR) is 118 cm³/mol. The van der Waals surface area contributed by atoms with Crippen LogP contribution in [0.1, 0.15) is 57.4 Å². The van der Waals surface area contributed by atoms with Gasteiger partial charge in [-0.3, -0.25) is 14.9 Å². The Morgan fingerprint density at radius 1 is 1.28 bits per heavy atom. The van der Waals surface area contributed by atoms with Crippen LogP contribution in [-0.2, 0) is 20.9 Å². The molecule has 1 atom stereocenters. The van der Waals surface area contributed by atoms with Crippen molar-refractivity contribution in [2.75, 3.05) is 13.2 Å². The number of ether oxygens (including phenoxy) is 1. The van der Waals surface area contributed by atoms with Crippen LogP contribution >= 0.6 is 0 Å². The number of amides is 2. The number of hydrogen-bond donors (Lipinski definition) is 2. The quantitative estimate of drug-likeness (QED) is 0.598. The minimum Gasteiger partial charge on any atom is -0.494 e. The van der Waals surface area contributed by atoms with Crippen LogP contribution in [0.2, 0.25) is 0 Å². The van der Waals surface area contributed by atoms with Gasteiger partial charge < -0.3 is 19.6 Å². The lowest BCUT2D eigenvalue weighted by molar-refractivity contribution is -0.152. The lowest BCUT2D eigenvalue weighted by Gasteiger charge is -2.37. The number of nitrogens with zero attached hydrogens (tertiary/aromatic N) is 3. The Morgan fingerprint density at radius 3 is 2.81 bits per heavy atom. The van der Waals surface area contributed by atoms with Crippen LogP contribution in [0.15, 0.2) is 23.2 Å². The molecule has 0 aromatic heterocycles. The summed E-state index contributed by atoms with van der Waals surface area (Å²) in [7, 11) is 0. The second-order valence-corrected chi connectivity index (χ2v) is 8.69. The molecule has 0 radical (unpaired) electrons. The number of carboxylic acids is 1. The molecular formula is C23H30N4O5. The lowest BCUT2D eigenvalue weighted by atomic mass is 9.93. The molecule has 2 fully saturated rings. The Bertz CT molecular complexity index is 925. The fraction of sp³-hybridized carbons (Fsp3) is 0.565. The zero-order chi connectivity index (χ0) is 22.7. The number of rotatable bonds is 8. The van der Waals surface area contributed by atoms with Crippen molar-refractivity contribution in [2.45, 2.75) is 70.5 Å². The van der Waals surface area contributed by atoms with Crippen LogP contribution < -0.4 is 10.1 Å². The molecule has 9 heteroatoms. The fourth-order valence-electron chi connectivity index (χ4n) is 4.68. The van der Waals surface area contributed by atoms with Gasteiger partial charge in [0.2, 0.25) is 17.8 Å². The Hall–Kier alpha value is -3.10. The number of carboxylic acid groups (broad SMARTS) is 1. The van der Waals surface area contributed by atoms with Crippen molar-refractivity contribution in [1.29, 1.82) is 0 Å². The van der Waals surface area contributed by atoms with Crippen molar-refractivity contribution in [3.8, 4) is 5.75 Å². The summed E-state index contributed by atoms with van der Waals surface area (Å²) in [4.78, 5) is 43.9. The van der Waals surface area contributed by atoms with Crippen molar-refractivity contribution in [1.82, 2.24) is 15.1 Å². The number of aliphatic carboxylic acids is 1. The summed E-state index contributed by atoms with van der Waals surface area (Å²) in [5.41, 5.74) is 1.80. The summed E-state index contributed by atoms with van der Waals surface area (Å²) < 4.78 is 5.85. The third kappa shape index (κ3) is 4.87. The first kappa shape index (κ1) is 22.1. The molecule has 9 nitrogen and oxygen atoms in total. The van der Waals surface area contributed by atoms with E-state index in [1.807, 2.05) is 23.1 Å². The van der Waals surface area contributed by atoms with Crippen LogP contribution in [0.5, 0.6) is 5.75 Å². The number of hydrogen-bond acceptors (Lipinski definition) is 6. The number of nitrogens with one attached hydrogen (secondary N) is 1. The zero-order valence-electron chi connectivity index (χ0n) is 18.4. The first-order valence-electron chi connectivity index (χ1n) is 11.4. The average molecular weight is 443 g/mol. The van der Waals surface area contributed by atoms with Gasteiger partial charge in [0.05, 0.1) is 12.3 Å². The fourth-order valence-corrected chi connectivity index (χ4v) is 4.68. The minimum atomic E-state index is -0.963. The SMILES string of the molecule is CC(C(=O)O)N(C(=O)CCCOc1ccc2c(c1)CN1CC(=O)NC1=N2)C1CCCCC1. The van der Waals surface area contributed by atoms with E-state index in [1.165, 1.54) is 0 Å². The van der Waals surface area contributed by atoms with Gasteiger partial charge >= 0.3 is 5.97 Å². The van der Waals surface area contributed by atoms with Gasteiger partial charge in [-0.05, 0) is 44.4 Å². The van der Waals surface area contributed by atoms with E-state index in [2.05, 4.69) is 10.3 Å². The van der Waals surface area contributed by atoms with Crippen LogP contribution in [0.4, 0.5) is 5.69 Å². The van der Waals surface area contributed by atoms with E-state index >= 15 is 0 Å². The number of benzene rings is 1. The van der Waals surface area contributed by atoms with E-state index in [1.54, 1.807) is 11.8 Å². The number of guanidine groups is 1. The van der Waals surface area contributed by atoms with E-state index in [-0.39, 0.29) is 24.3 Å². The molecule has 1 aromatic rings. The summed E-state index contributed by atoms with van der Waals surface area (Å²) in [6.07, 6.45) is 5.73. The summed E-state index contributed by atoms with van der Waals surface area (Å²) in [6.45, 7) is 2.85. The van der Waals surface area contributed by atoms with Crippen molar-refractivity contribution in [3.63, 3.8) is 0 Å². The molecule has 3 aliphatic rings. The van der Waals surface area contributed by atoms with Crippen LogP contribution in [0.25, 0.3) is 0 Å². The maximum absolute atomic E-state index is 12.9. The Morgan fingerprint density at radius 2 is 2.06 bits per heavy atom. The van der Waals surface area contributed by atoms with E-state index in [0.717, 1.165) is 43.4 Å². The highest BCUT2D eigenvalue weighted by atomic mass is 16.5. The third-order valence-electron chi connectivity index (χ3n) is 6.36. The predicted octanol–water partition coefficient (Wildman–Crippen LogP) is 2.41. The number of fused-ring (bicyclic) bond motifs is 2. The monoisotopic (exact) mass is 442 g/mol. The summed E-state index contributed by atoms with van der Waals surface area (Å²) >= 11 is 0. The summed E-state index contributed by atoms with van der Waals surface area (Å²) in [5, 5.41) is 12.2. The van der Waals surface area contributed by atoms with Gasteiger partial charge in [-0.25, -0.2) is 9.79 Å². The van der Waals surface area contributed by atoms with E-state index in [0.29, 0.717) is 37.8 Å². The van der Waals surface area contributed by atoms with Gasteiger partial charge in [0, 0.05) is 24.6 Å². The molecule has 0 spiro atoms. The molecule has 2 amide bonds. The van der Waals surface area contributed by atoms with Gasteiger partial charge in [-0.15, -0.1) is 0 Å². The van der Waals surface area contributed by atoms with E-state index < -0.39 is 12.0 Å². The highest BCUT2D eigenvalue weighted by Crippen LogP contribution is 2.30. The van der Waals surface area contributed by atoms with Gasteiger partial charge in [-0.1, -0.05) is 19.3 Å². The number of carbonyl (C=O) groups excluding carboxylic acids is 2. The molecule has 32 heavy (non-hydrogen) atoms. The van der Waals surface area contributed by atoms with Crippen LogP contribution in [0, 0.1) is 0 Å². The van der Waals surface area contributed by atoms with Gasteiger partial charge in [0.25, 0.3) is 0 Å². The highest BCUT2D eigenvalue weighted by Gasteiger charge is 2.32. The Labute approximate surface area is 187 Å². The standard InChI is InChI=1S/C23H30N4O5/c1-15(22(30)31)27(17-6-3-2-4-7-17)21(29)8-5-11-32-18-9-10-19-16(12-18)13-26-14-20(28)25-23(26)24-19/h9-10,12,15,17H,2-8,11,13-14H2,1H3,(H,30,31)(H,24,25,28). The highest BCUT2D eigenvalue weighted by molar-refractivity contribution is 6.05. The first-order valence-corrected chi connectivity index (χ1v) is 11.4. The average Bonchev–Trinajstić information content (AvgIpc) is 3.14. The second kappa shape index (κ2) is 9.58. The number of carbonyl (C=O) groups is 3. The zero-order valence-corrected chi connectivity index (χ0v) is 18.4.